The summed E-state index contributed by atoms with van der Waals surface area (Å²) >= 11 is 0. The molecule has 1 aromatic rings. The molecule has 0 saturated heterocycles. The number of carboxylic acids is 1. The van der Waals surface area contributed by atoms with Gasteiger partial charge in [0.25, 0.3) is 0 Å². The largest absolute Gasteiger partial charge is 0.479 e. The van der Waals surface area contributed by atoms with Crippen LogP contribution in [0.25, 0.3) is 0 Å². The fraction of sp³-hybridized carbons (Fsp3) is 0.778. The van der Waals surface area contributed by atoms with Crippen LogP contribution in [0.5, 0.6) is 5.75 Å². The van der Waals surface area contributed by atoms with Crippen molar-refractivity contribution in [3.05, 3.63) is 28.3 Å². The number of carbonyl (C=O) groups is 2. The van der Waals surface area contributed by atoms with Crippen LogP contribution < -0.4 is 4.74 Å². The first-order valence-corrected chi connectivity index (χ1v) is 17.4. The van der Waals surface area contributed by atoms with E-state index in [1.54, 1.807) is 0 Å². The van der Waals surface area contributed by atoms with Gasteiger partial charge in [-0.3, -0.25) is 0 Å². The number of hydrogen-bond acceptors (Lipinski definition) is 6. The third-order valence-corrected chi connectivity index (χ3v) is 9.71. The topological polar surface area (TPSA) is 113 Å². The van der Waals surface area contributed by atoms with Crippen LogP contribution in [0.2, 0.25) is 0 Å². The number of aliphatic hydroxyl groups is 2. The molecule has 7 nitrogen and oxygen atoms in total. The molecule has 3 rings (SSSR count). The van der Waals surface area contributed by atoms with Gasteiger partial charge in [0.15, 0.2) is 0 Å². The highest BCUT2D eigenvalue weighted by molar-refractivity contribution is 5.90. The Labute approximate surface area is 259 Å². The maximum absolute atomic E-state index is 13.7. The van der Waals surface area contributed by atoms with E-state index in [0.29, 0.717) is 31.4 Å². The summed E-state index contributed by atoms with van der Waals surface area (Å²) in [4.78, 5) is 26.5. The third kappa shape index (κ3) is 9.94. The predicted molar refractivity (Wildman–Crippen MR) is 169 cm³/mol. The highest BCUT2D eigenvalue weighted by atomic mass is 16.7. The molecule has 7 heteroatoms. The Bertz CT molecular complexity index is 1020. The van der Waals surface area contributed by atoms with Crippen LogP contribution in [-0.2, 0) is 27.2 Å². The molecular weight excluding hydrogens is 544 g/mol. The molecule has 0 fully saturated rings. The molecule has 0 radical (unpaired) electrons. The van der Waals surface area contributed by atoms with Crippen molar-refractivity contribution in [2.75, 3.05) is 6.61 Å². The van der Waals surface area contributed by atoms with Gasteiger partial charge >= 0.3 is 17.7 Å². The highest BCUT2D eigenvalue weighted by Gasteiger charge is 2.64. The summed E-state index contributed by atoms with van der Waals surface area (Å²) in [5.74, 6) is -5.70. The van der Waals surface area contributed by atoms with E-state index < -0.39 is 23.3 Å². The van der Waals surface area contributed by atoms with Crippen LogP contribution in [0.3, 0.4) is 0 Å². The Morgan fingerprint density at radius 1 is 0.698 bits per heavy atom. The molecule has 2 unspecified atom stereocenters. The Hall–Kier alpha value is -2.12. The second-order valence-electron chi connectivity index (χ2n) is 13.2. The van der Waals surface area contributed by atoms with Crippen LogP contribution >= 0.6 is 0 Å². The first-order chi connectivity index (χ1) is 20.7. The Kier molecular flexibility index (Phi) is 14.8. The van der Waals surface area contributed by atoms with E-state index in [1.807, 2.05) is 13.8 Å². The van der Waals surface area contributed by atoms with E-state index in [4.69, 9.17) is 9.47 Å². The SMILES string of the molecule is Cc1cc2c3c(c1C)OC(O)(C(=O)OCCCCCCCCCCCC2)C(O)(C(=O)O)CCCCCCCCCCCC3. The van der Waals surface area contributed by atoms with Crippen molar-refractivity contribution in [1.82, 2.24) is 0 Å². The molecule has 4 bridgehead atoms. The normalized spacial score (nSPS) is 27.0. The van der Waals surface area contributed by atoms with Gasteiger partial charge in [-0.25, -0.2) is 9.59 Å². The second kappa shape index (κ2) is 18.0. The zero-order valence-corrected chi connectivity index (χ0v) is 27.0. The zero-order valence-electron chi connectivity index (χ0n) is 27.0. The minimum Gasteiger partial charge on any atom is -0.479 e. The first kappa shape index (κ1) is 35.4. The lowest BCUT2D eigenvalue weighted by Gasteiger charge is -2.39. The van der Waals surface area contributed by atoms with Crippen molar-refractivity contribution < 1.29 is 34.4 Å². The van der Waals surface area contributed by atoms with E-state index in [1.165, 1.54) is 38.5 Å². The van der Waals surface area contributed by atoms with Crippen molar-refractivity contribution >= 4 is 11.9 Å². The average molecular weight is 603 g/mol. The quantitative estimate of drug-likeness (QED) is 0.279. The minimum atomic E-state index is -3.10. The lowest BCUT2D eigenvalue weighted by atomic mass is 9.85. The molecule has 2 heterocycles. The fourth-order valence-corrected chi connectivity index (χ4v) is 6.70. The van der Waals surface area contributed by atoms with Crippen molar-refractivity contribution in [1.29, 1.82) is 0 Å². The Morgan fingerprint density at radius 3 is 1.70 bits per heavy atom. The van der Waals surface area contributed by atoms with Crippen LogP contribution in [0, 0.1) is 13.8 Å². The summed E-state index contributed by atoms with van der Waals surface area (Å²) in [6.45, 7) is 3.88. The van der Waals surface area contributed by atoms with Crippen molar-refractivity contribution in [3.8, 4) is 5.75 Å². The van der Waals surface area contributed by atoms with E-state index in [2.05, 4.69) is 6.07 Å². The van der Waals surface area contributed by atoms with Gasteiger partial charge in [-0.05, 0) is 81.0 Å². The molecule has 0 spiro atoms. The number of aryl methyl sites for hydroxylation is 2. The number of hydrogen-bond donors (Lipinski definition) is 3. The van der Waals surface area contributed by atoms with Crippen LogP contribution in [0.1, 0.15) is 157 Å². The molecule has 244 valence electrons. The number of cyclic esters (lactones) is 1. The molecular formula is C36H58O7. The maximum atomic E-state index is 13.7. The number of esters is 1. The van der Waals surface area contributed by atoms with E-state index in [0.717, 1.165) is 99.3 Å². The van der Waals surface area contributed by atoms with E-state index in [-0.39, 0.29) is 13.0 Å². The summed E-state index contributed by atoms with van der Waals surface area (Å²) < 4.78 is 11.8. The summed E-state index contributed by atoms with van der Waals surface area (Å²) in [5.41, 5.74) is 0.833. The number of benzene rings is 1. The zero-order chi connectivity index (χ0) is 31.1. The smallest absolute Gasteiger partial charge is 0.383 e. The van der Waals surface area contributed by atoms with E-state index >= 15 is 0 Å². The molecule has 0 aliphatic carbocycles. The molecule has 1 aromatic carbocycles. The number of aliphatic carboxylic acids is 1. The van der Waals surface area contributed by atoms with Gasteiger partial charge in [-0.15, -0.1) is 0 Å². The fourth-order valence-electron chi connectivity index (χ4n) is 6.70. The lowest BCUT2D eigenvalue weighted by Crippen LogP contribution is -2.67. The highest BCUT2D eigenvalue weighted by Crippen LogP contribution is 2.39. The first-order valence-electron chi connectivity index (χ1n) is 17.4. The summed E-state index contributed by atoms with van der Waals surface area (Å²) in [5, 5.41) is 34.2. The number of rotatable bonds is 1. The number of carboxylic acid groups (broad SMARTS) is 1. The maximum Gasteiger partial charge on any atom is 0.383 e. The average Bonchev–Trinajstić information content (AvgIpc) is 2.98. The van der Waals surface area contributed by atoms with Crippen LogP contribution in [0.4, 0.5) is 0 Å². The van der Waals surface area contributed by atoms with Crippen molar-refractivity contribution in [2.24, 2.45) is 0 Å². The lowest BCUT2D eigenvalue weighted by molar-refractivity contribution is -0.265. The monoisotopic (exact) mass is 602 g/mol. The van der Waals surface area contributed by atoms with Crippen LogP contribution in [0.15, 0.2) is 6.07 Å². The number of fused-ring (bicyclic) bond motifs is 1. The second-order valence-corrected chi connectivity index (χ2v) is 13.2. The van der Waals surface area contributed by atoms with Crippen molar-refractivity contribution in [2.45, 2.75) is 173 Å². The molecule has 2 aliphatic rings. The summed E-state index contributed by atoms with van der Waals surface area (Å²) in [6.07, 6.45) is 21.6. The van der Waals surface area contributed by atoms with Gasteiger partial charge in [-0.1, -0.05) is 109 Å². The molecule has 0 aromatic heterocycles. The molecule has 43 heavy (non-hydrogen) atoms. The Morgan fingerprint density at radius 2 is 1.16 bits per heavy atom. The minimum absolute atomic E-state index is 0.0328. The van der Waals surface area contributed by atoms with Crippen molar-refractivity contribution in [3.63, 3.8) is 0 Å². The molecule has 0 amide bonds. The third-order valence-electron chi connectivity index (χ3n) is 9.71. The van der Waals surface area contributed by atoms with Gasteiger partial charge in [0, 0.05) is 0 Å². The van der Waals surface area contributed by atoms with Gasteiger partial charge in [0.1, 0.15) is 5.75 Å². The molecule has 2 aliphatic heterocycles. The summed E-state index contributed by atoms with van der Waals surface area (Å²) in [6, 6.07) is 2.18. The number of ether oxygens (including phenoxy) is 2. The standard InChI is InChI=1S/C36H58O7/c1-28-27-30-23-19-15-11-7-4-6-10-14-18-22-26-42-34(39)36(41)35(40,33(37)38)25-21-17-13-9-5-3-8-12-16-20-24-31(30)32(43-36)29(28)2/h27,40-41H,3-26H2,1-2H3,(H,37,38). The van der Waals surface area contributed by atoms with Gasteiger partial charge in [0.05, 0.1) is 6.61 Å². The molecule has 3 N–H and O–H groups in total. The molecule has 0 saturated carbocycles. The van der Waals surface area contributed by atoms with Gasteiger partial charge in [-0.2, -0.15) is 0 Å². The van der Waals surface area contributed by atoms with Crippen LogP contribution in [-0.4, -0.2) is 45.3 Å². The Balaban J connectivity index is 2.10. The van der Waals surface area contributed by atoms with Gasteiger partial charge in [0.2, 0.25) is 5.60 Å². The molecule has 2 atom stereocenters. The van der Waals surface area contributed by atoms with Gasteiger partial charge < -0.3 is 24.8 Å². The van der Waals surface area contributed by atoms with E-state index in [9.17, 15) is 24.9 Å². The number of carbonyl (C=O) groups excluding carboxylic acids is 1. The summed E-state index contributed by atoms with van der Waals surface area (Å²) in [7, 11) is 0. The predicted octanol–water partition coefficient (Wildman–Crippen LogP) is 8.03.